The largest absolute Gasteiger partial charge is 0.755 e. The van der Waals surface area contributed by atoms with E-state index >= 15 is 0 Å². The first-order chi connectivity index (χ1) is 12.7. The Kier molecular flexibility index (Phi) is 4.75. The Bertz CT molecular complexity index is 1070. The van der Waals surface area contributed by atoms with Crippen molar-refractivity contribution in [2.45, 2.75) is 6.42 Å². The fraction of sp³-hybridized carbons (Fsp3) is 0.0526. The predicted molar refractivity (Wildman–Crippen MR) is 104 cm³/mol. The van der Waals surface area contributed by atoms with E-state index in [1.54, 1.807) is 6.07 Å². The highest BCUT2D eigenvalue weighted by molar-refractivity contribution is 7.81. The lowest BCUT2D eigenvalue weighted by molar-refractivity contribution is 0.537. The minimum atomic E-state index is -2.51. The highest BCUT2D eigenvalue weighted by atomic mass is 32.2. The molecule has 5 nitrogen and oxygen atoms in total. The molecule has 130 valence electrons. The third-order valence-corrected chi connectivity index (χ3v) is 5.30. The van der Waals surface area contributed by atoms with Crippen LogP contribution in [0.1, 0.15) is 11.3 Å². The summed E-state index contributed by atoms with van der Waals surface area (Å²) in [5, 5.41) is 2.02. The summed E-state index contributed by atoms with van der Waals surface area (Å²) in [7, 11) is 0. The lowest BCUT2D eigenvalue weighted by Crippen LogP contribution is -2.21. The summed E-state index contributed by atoms with van der Waals surface area (Å²) < 4.78 is 33.8. The fourth-order valence-corrected chi connectivity index (χ4v) is 4.01. The van der Waals surface area contributed by atoms with E-state index in [9.17, 15) is 8.76 Å². The van der Waals surface area contributed by atoms with Crippen molar-refractivity contribution in [2.24, 2.45) is 0 Å². The Morgan fingerprint density at radius 3 is 2.42 bits per heavy atom. The van der Waals surface area contributed by atoms with Gasteiger partial charge in [0.2, 0.25) is 0 Å². The second-order valence-electron chi connectivity index (χ2n) is 5.74. The van der Waals surface area contributed by atoms with Gasteiger partial charge in [0.15, 0.2) is 5.82 Å². The minimum Gasteiger partial charge on any atom is -0.755 e. The van der Waals surface area contributed by atoms with Gasteiger partial charge in [0, 0.05) is 6.42 Å². The van der Waals surface area contributed by atoms with Crippen molar-refractivity contribution in [1.29, 1.82) is 0 Å². The molecule has 0 saturated carbocycles. The standard InChI is InChI=1S/C19H15N3O2S2/c23-26(24)22(17-11-10-15-8-4-5-9-16(15)13-17)19-18(20-25-21-19)12-14-6-2-1-3-7-14/h1-11,13H,12H2,(H,23,24)/p-1. The molecule has 0 fully saturated rings. The van der Waals surface area contributed by atoms with Crippen LogP contribution in [-0.2, 0) is 17.7 Å². The quantitative estimate of drug-likeness (QED) is 0.486. The van der Waals surface area contributed by atoms with E-state index in [0.717, 1.165) is 28.1 Å². The Morgan fingerprint density at radius 2 is 1.65 bits per heavy atom. The maximum atomic E-state index is 12.0. The second-order valence-corrected chi connectivity index (χ2v) is 7.07. The van der Waals surface area contributed by atoms with Gasteiger partial charge in [-0.15, -0.1) is 0 Å². The first kappa shape index (κ1) is 16.8. The van der Waals surface area contributed by atoms with Gasteiger partial charge in [-0.1, -0.05) is 60.7 Å². The molecule has 26 heavy (non-hydrogen) atoms. The third-order valence-electron chi connectivity index (χ3n) is 4.06. The first-order valence-corrected chi connectivity index (χ1v) is 9.72. The van der Waals surface area contributed by atoms with E-state index < -0.39 is 11.3 Å². The van der Waals surface area contributed by atoms with Crippen molar-refractivity contribution in [2.75, 3.05) is 4.31 Å². The van der Waals surface area contributed by atoms with Crippen molar-refractivity contribution in [3.8, 4) is 0 Å². The van der Waals surface area contributed by atoms with Crippen molar-refractivity contribution in [3.63, 3.8) is 0 Å². The van der Waals surface area contributed by atoms with Crippen LogP contribution >= 0.6 is 11.7 Å². The molecule has 1 heterocycles. The van der Waals surface area contributed by atoms with Gasteiger partial charge in [0.25, 0.3) is 0 Å². The summed E-state index contributed by atoms with van der Waals surface area (Å²) in [5.41, 5.74) is 2.23. The van der Waals surface area contributed by atoms with Gasteiger partial charge in [-0.3, -0.25) is 8.51 Å². The molecule has 3 aromatic carbocycles. The molecular formula is C19H14N3O2S2-. The normalized spacial score (nSPS) is 12.2. The summed E-state index contributed by atoms with van der Waals surface area (Å²) in [6, 6.07) is 23.2. The highest BCUT2D eigenvalue weighted by Gasteiger charge is 2.19. The maximum absolute atomic E-state index is 12.0. The average molecular weight is 380 g/mol. The molecule has 0 aliphatic carbocycles. The molecule has 0 spiro atoms. The first-order valence-electron chi connectivity index (χ1n) is 7.96. The molecule has 4 rings (SSSR count). The van der Waals surface area contributed by atoms with Gasteiger partial charge >= 0.3 is 0 Å². The van der Waals surface area contributed by atoms with Crippen LogP contribution in [0.25, 0.3) is 10.8 Å². The second kappa shape index (κ2) is 7.33. The molecule has 1 atom stereocenters. The third kappa shape index (κ3) is 3.37. The van der Waals surface area contributed by atoms with E-state index in [0.29, 0.717) is 23.6 Å². The summed E-state index contributed by atoms with van der Waals surface area (Å²) in [5.74, 6) is 0.350. The molecule has 7 heteroatoms. The molecule has 0 amide bonds. The van der Waals surface area contributed by atoms with Crippen LogP contribution in [0.2, 0.25) is 0 Å². The molecule has 0 radical (unpaired) electrons. The SMILES string of the molecule is O=S([O-])N(c1ccc2ccccc2c1)c1nsnc1Cc1ccccc1. The number of benzene rings is 3. The van der Waals surface area contributed by atoms with Gasteiger partial charge in [0.1, 0.15) is 5.69 Å². The molecule has 0 N–H and O–H groups in total. The fourth-order valence-electron chi connectivity index (χ4n) is 2.84. The number of rotatable bonds is 5. The zero-order valence-electron chi connectivity index (χ0n) is 13.6. The summed E-state index contributed by atoms with van der Waals surface area (Å²) >= 11 is -1.49. The number of hydrogen-bond donors (Lipinski definition) is 0. The van der Waals surface area contributed by atoms with Crippen LogP contribution in [0.5, 0.6) is 0 Å². The van der Waals surface area contributed by atoms with E-state index in [2.05, 4.69) is 8.75 Å². The summed E-state index contributed by atoms with van der Waals surface area (Å²) in [6.07, 6.45) is 0.522. The maximum Gasteiger partial charge on any atom is 0.181 e. The van der Waals surface area contributed by atoms with Crippen molar-refractivity contribution < 1.29 is 8.76 Å². The van der Waals surface area contributed by atoms with Gasteiger partial charge in [0.05, 0.1) is 28.7 Å². The van der Waals surface area contributed by atoms with Gasteiger partial charge in [-0.05, 0) is 28.5 Å². The summed E-state index contributed by atoms with van der Waals surface area (Å²) in [4.78, 5) is 0. The van der Waals surface area contributed by atoms with Gasteiger partial charge in [-0.25, -0.2) is 0 Å². The van der Waals surface area contributed by atoms with Gasteiger partial charge < -0.3 is 4.55 Å². The minimum absolute atomic E-state index is 0.350. The molecule has 1 aromatic heterocycles. The Morgan fingerprint density at radius 1 is 0.923 bits per heavy atom. The molecule has 4 aromatic rings. The average Bonchev–Trinajstić information content (AvgIpc) is 3.10. The van der Waals surface area contributed by atoms with E-state index in [-0.39, 0.29) is 0 Å². The van der Waals surface area contributed by atoms with Crippen molar-refractivity contribution in [1.82, 2.24) is 8.75 Å². The van der Waals surface area contributed by atoms with Crippen LogP contribution in [0.4, 0.5) is 11.5 Å². The number of hydrogen-bond acceptors (Lipinski definition) is 5. The van der Waals surface area contributed by atoms with Gasteiger partial charge in [-0.2, -0.15) is 8.75 Å². The van der Waals surface area contributed by atoms with E-state index in [1.165, 1.54) is 4.31 Å². The van der Waals surface area contributed by atoms with Crippen LogP contribution in [0.15, 0.2) is 72.8 Å². The molecule has 0 aliphatic rings. The Labute approximate surface area is 157 Å². The molecule has 0 aliphatic heterocycles. The Balaban J connectivity index is 1.75. The number of aromatic nitrogens is 2. The zero-order valence-corrected chi connectivity index (χ0v) is 15.2. The molecule has 0 bridgehead atoms. The van der Waals surface area contributed by atoms with Crippen LogP contribution in [-0.4, -0.2) is 17.5 Å². The van der Waals surface area contributed by atoms with Crippen molar-refractivity contribution in [3.05, 3.63) is 84.1 Å². The lowest BCUT2D eigenvalue weighted by Gasteiger charge is -2.25. The topological polar surface area (TPSA) is 69.2 Å². The van der Waals surface area contributed by atoms with Crippen LogP contribution in [0, 0.1) is 0 Å². The van der Waals surface area contributed by atoms with Crippen molar-refractivity contribution >= 4 is 45.3 Å². The van der Waals surface area contributed by atoms with Crippen LogP contribution in [0.3, 0.4) is 0 Å². The predicted octanol–water partition coefficient (Wildman–Crippen LogP) is 4.21. The number of nitrogens with zero attached hydrogens (tertiary/aromatic N) is 3. The molecule has 1 unspecified atom stereocenters. The Hall–Kier alpha value is -2.61. The highest BCUT2D eigenvalue weighted by Crippen LogP contribution is 2.31. The molecular weight excluding hydrogens is 366 g/mol. The lowest BCUT2D eigenvalue weighted by atomic mass is 10.1. The van der Waals surface area contributed by atoms with E-state index in [1.807, 2.05) is 66.7 Å². The monoisotopic (exact) mass is 380 g/mol. The number of anilines is 2. The smallest absolute Gasteiger partial charge is 0.181 e. The van der Waals surface area contributed by atoms with E-state index in [4.69, 9.17) is 0 Å². The zero-order chi connectivity index (χ0) is 17.9. The molecule has 0 saturated heterocycles. The van der Waals surface area contributed by atoms with Crippen LogP contribution < -0.4 is 4.31 Å². The number of fused-ring (bicyclic) bond motifs is 1. The summed E-state index contributed by atoms with van der Waals surface area (Å²) in [6.45, 7) is 0.